The number of likely N-dealkylation sites (N-methyl/N-ethyl adjacent to an activating group) is 1. The van der Waals surface area contributed by atoms with E-state index in [9.17, 15) is 13.2 Å². The molecule has 2 fully saturated rings. The average molecular weight is 607 g/mol. The molecule has 1 saturated heterocycles. The van der Waals surface area contributed by atoms with Crippen LogP contribution in [0.15, 0.2) is 55.2 Å². The van der Waals surface area contributed by atoms with Gasteiger partial charge >= 0.3 is 0 Å². The Hall–Kier alpha value is -4.10. The molecule has 44 heavy (non-hydrogen) atoms. The summed E-state index contributed by atoms with van der Waals surface area (Å²) in [5.41, 5.74) is 4.22. The molecular weight excluding hydrogens is 569 g/mol. The maximum absolute atomic E-state index is 13.9. The lowest BCUT2D eigenvalue weighted by atomic mass is 9.93. The predicted molar refractivity (Wildman–Crippen MR) is 164 cm³/mol. The second-order valence-electron chi connectivity index (χ2n) is 11.6. The van der Waals surface area contributed by atoms with Crippen LogP contribution in [0.2, 0.25) is 0 Å². The third-order valence-electron chi connectivity index (χ3n) is 8.15. The molecule has 4 aromatic heterocycles. The van der Waals surface area contributed by atoms with Crippen LogP contribution in [-0.2, 0) is 13.1 Å². The van der Waals surface area contributed by atoms with E-state index in [0.29, 0.717) is 35.9 Å². The van der Waals surface area contributed by atoms with E-state index in [1.807, 2.05) is 18.3 Å². The fourth-order valence-corrected chi connectivity index (χ4v) is 5.62. The number of anilines is 3. The van der Waals surface area contributed by atoms with Crippen LogP contribution in [0.3, 0.4) is 0 Å². The van der Waals surface area contributed by atoms with Crippen LogP contribution in [0.25, 0.3) is 22.6 Å². The summed E-state index contributed by atoms with van der Waals surface area (Å²) >= 11 is 0. The normalized spacial score (nSPS) is 19.8. The van der Waals surface area contributed by atoms with Crippen molar-refractivity contribution < 1.29 is 13.2 Å². The molecule has 0 radical (unpaired) electrons. The van der Waals surface area contributed by atoms with E-state index in [4.69, 9.17) is 4.98 Å². The lowest BCUT2D eigenvalue weighted by Crippen LogP contribution is -2.43. The molecule has 2 N–H and O–H groups in total. The van der Waals surface area contributed by atoms with Gasteiger partial charge in [0.05, 0.1) is 17.5 Å². The molecule has 5 heterocycles. The summed E-state index contributed by atoms with van der Waals surface area (Å²) in [4.78, 5) is 23.1. The van der Waals surface area contributed by atoms with Gasteiger partial charge in [-0.05, 0) is 50.4 Å². The van der Waals surface area contributed by atoms with Crippen LogP contribution in [-0.4, -0.2) is 91.4 Å². The van der Waals surface area contributed by atoms with Crippen LogP contribution in [0.5, 0.6) is 0 Å². The molecular formula is C31H37F3N10. The Morgan fingerprint density at radius 1 is 0.932 bits per heavy atom. The van der Waals surface area contributed by atoms with Crippen molar-refractivity contribution in [3.8, 4) is 22.6 Å². The zero-order valence-corrected chi connectivity index (χ0v) is 24.7. The highest BCUT2D eigenvalue weighted by atomic mass is 19.3. The van der Waals surface area contributed by atoms with Crippen LogP contribution >= 0.6 is 0 Å². The van der Waals surface area contributed by atoms with Crippen molar-refractivity contribution in [1.29, 1.82) is 0 Å². The van der Waals surface area contributed by atoms with E-state index in [-0.39, 0.29) is 6.04 Å². The number of nitrogens with zero attached hydrogens (tertiary/aromatic N) is 8. The number of aromatic nitrogens is 6. The number of halogens is 3. The van der Waals surface area contributed by atoms with Crippen LogP contribution in [0.1, 0.15) is 31.2 Å². The fraction of sp³-hybridized carbons (Fsp3) is 0.452. The lowest BCUT2D eigenvalue weighted by Gasteiger charge is -2.32. The van der Waals surface area contributed by atoms with Gasteiger partial charge in [0, 0.05) is 80.9 Å². The Morgan fingerprint density at radius 2 is 1.75 bits per heavy atom. The first-order valence-corrected chi connectivity index (χ1v) is 15.1. The van der Waals surface area contributed by atoms with Gasteiger partial charge in [0.2, 0.25) is 0 Å². The first kappa shape index (κ1) is 29.9. The van der Waals surface area contributed by atoms with Gasteiger partial charge in [-0.2, -0.15) is 5.10 Å². The molecule has 10 nitrogen and oxygen atoms in total. The van der Waals surface area contributed by atoms with E-state index >= 15 is 0 Å². The minimum atomic E-state index is -2.50. The van der Waals surface area contributed by atoms with Crippen LogP contribution in [0, 0.1) is 0 Å². The number of hydrogen-bond donors (Lipinski definition) is 2. The monoisotopic (exact) mass is 606 g/mol. The van der Waals surface area contributed by atoms with E-state index < -0.39 is 19.1 Å². The van der Waals surface area contributed by atoms with Gasteiger partial charge in [0.15, 0.2) is 5.82 Å². The SMILES string of the molecule is CN1CCN(Cc2ccc(-c3cnc(Nc4ccnc(-c5cnn(CC(F)F)c5)n4)cc3NC3CCC(F)CC3)nc2)CC1. The molecule has 6 rings (SSSR count). The molecule has 0 unspecified atom stereocenters. The van der Waals surface area contributed by atoms with Gasteiger partial charge in [-0.3, -0.25) is 14.6 Å². The van der Waals surface area contributed by atoms with Crippen molar-refractivity contribution in [3.05, 3.63) is 60.8 Å². The number of piperazine rings is 1. The molecule has 232 valence electrons. The standard InChI is InChI=1S/C31H37F3N10/c1-42-10-12-43(13-11-42)18-21-2-7-26(36-15-21)25-17-37-30(14-27(25)39-24-5-3-23(32)4-6-24)40-29-8-9-35-31(41-29)22-16-38-44(19-22)20-28(33)34/h2,7-9,14-17,19,23-24,28H,3-6,10-13,18,20H2,1H3,(H2,35,37,39,40,41). The molecule has 0 spiro atoms. The lowest BCUT2D eigenvalue weighted by molar-refractivity contribution is 0.122. The summed E-state index contributed by atoms with van der Waals surface area (Å²) < 4.78 is 40.5. The topological polar surface area (TPSA) is 99.9 Å². The summed E-state index contributed by atoms with van der Waals surface area (Å²) in [6.45, 7) is 4.60. The number of alkyl halides is 3. The third-order valence-corrected chi connectivity index (χ3v) is 8.15. The minimum absolute atomic E-state index is 0.142. The molecule has 2 aliphatic rings. The highest BCUT2D eigenvalue weighted by Crippen LogP contribution is 2.32. The number of pyridine rings is 2. The maximum Gasteiger partial charge on any atom is 0.257 e. The third kappa shape index (κ3) is 7.69. The van der Waals surface area contributed by atoms with Crippen molar-refractivity contribution >= 4 is 17.3 Å². The zero-order valence-electron chi connectivity index (χ0n) is 24.7. The number of hydrogen-bond acceptors (Lipinski definition) is 9. The summed E-state index contributed by atoms with van der Waals surface area (Å²) in [5, 5.41) is 10.8. The van der Waals surface area contributed by atoms with Gasteiger partial charge in [-0.25, -0.2) is 28.1 Å². The van der Waals surface area contributed by atoms with Gasteiger partial charge < -0.3 is 15.5 Å². The van der Waals surface area contributed by atoms with Crippen molar-refractivity contribution in [3.63, 3.8) is 0 Å². The second-order valence-corrected chi connectivity index (χ2v) is 11.6. The molecule has 0 bridgehead atoms. The van der Waals surface area contributed by atoms with E-state index in [2.05, 4.69) is 53.6 Å². The quantitative estimate of drug-likeness (QED) is 0.251. The van der Waals surface area contributed by atoms with E-state index in [1.54, 1.807) is 18.5 Å². The minimum Gasteiger partial charge on any atom is -0.382 e. The number of rotatable bonds is 10. The van der Waals surface area contributed by atoms with E-state index in [1.165, 1.54) is 22.6 Å². The Bertz CT molecular complexity index is 1510. The molecule has 1 aliphatic carbocycles. The fourth-order valence-electron chi connectivity index (χ4n) is 5.62. The summed E-state index contributed by atoms with van der Waals surface area (Å²) in [6.07, 6.45) is 7.60. The molecule has 1 aliphatic heterocycles. The van der Waals surface area contributed by atoms with Crippen LogP contribution in [0.4, 0.5) is 30.5 Å². The predicted octanol–water partition coefficient (Wildman–Crippen LogP) is 5.25. The molecule has 4 aromatic rings. The van der Waals surface area contributed by atoms with Gasteiger partial charge in [0.1, 0.15) is 24.4 Å². The highest BCUT2D eigenvalue weighted by molar-refractivity contribution is 5.78. The van der Waals surface area contributed by atoms with E-state index in [0.717, 1.165) is 62.5 Å². The summed E-state index contributed by atoms with van der Waals surface area (Å²) in [7, 11) is 2.15. The van der Waals surface area contributed by atoms with Crippen LogP contribution < -0.4 is 10.6 Å². The van der Waals surface area contributed by atoms with Gasteiger partial charge in [-0.1, -0.05) is 6.07 Å². The molecule has 13 heteroatoms. The van der Waals surface area contributed by atoms with Crippen molar-refractivity contribution in [2.75, 3.05) is 43.9 Å². The maximum atomic E-state index is 13.9. The smallest absolute Gasteiger partial charge is 0.257 e. The van der Waals surface area contributed by atoms with Crippen molar-refractivity contribution in [1.82, 2.24) is 39.5 Å². The Kier molecular flexibility index (Phi) is 9.31. The molecule has 0 atom stereocenters. The highest BCUT2D eigenvalue weighted by Gasteiger charge is 2.22. The van der Waals surface area contributed by atoms with Crippen molar-refractivity contribution in [2.45, 2.75) is 57.4 Å². The molecule has 0 amide bonds. The largest absolute Gasteiger partial charge is 0.382 e. The first-order chi connectivity index (χ1) is 21.4. The summed E-state index contributed by atoms with van der Waals surface area (Å²) in [5.74, 6) is 1.40. The van der Waals surface area contributed by atoms with Gasteiger partial charge in [0.25, 0.3) is 6.43 Å². The zero-order chi connectivity index (χ0) is 30.5. The molecule has 0 aromatic carbocycles. The Balaban J connectivity index is 1.21. The Morgan fingerprint density at radius 3 is 2.50 bits per heavy atom. The number of nitrogens with one attached hydrogen (secondary N) is 2. The first-order valence-electron chi connectivity index (χ1n) is 15.1. The van der Waals surface area contributed by atoms with Gasteiger partial charge in [-0.15, -0.1) is 0 Å². The molecule has 1 saturated carbocycles. The van der Waals surface area contributed by atoms with Crippen molar-refractivity contribution in [2.24, 2.45) is 0 Å². The Labute approximate surface area is 254 Å². The second kappa shape index (κ2) is 13.7. The average Bonchev–Trinajstić information content (AvgIpc) is 3.48. The summed E-state index contributed by atoms with van der Waals surface area (Å²) in [6, 6.07) is 7.92.